The first kappa shape index (κ1) is 11.8. The van der Waals surface area contributed by atoms with Gasteiger partial charge in [-0.25, -0.2) is 4.39 Å². The molecule has 0 saturated carbocycles. The van der Waals surface area contributed by atoms with Crippen molar-refractivity contribution in [1.82, 2.24) is 0 Å². The molecule has 0 fully saturated rings. The van der Waals surface area contributed by atoms with Crippen LogP contribution in [-0.2, 0) is 5.54 Å². The predicted molar refractivity (Wildman–Crippen MR) is 56.7 cm³/mol. The molecule has 0 unspecified atom stereocenters. The van der Waals surface area contributed by atoms with Crippen LogP contribution in [0.3, 0.4) is 0 Å². The Kier molecular flexibility index (Phi) is 3.19. The molecule has 0 radical (unpaired) electrons. The number of nitrogens with two attached hydrogens (primary N) is 1. The summed E-state index contributed by atoms with van der Waals surface area (Å²) in [4.78, 5) is 0. The van der Waals surface area contributed by atoms with Gasteiger partial charge in [0.05, 0.1) is 14.2 Å². The number of hydrogen-bond acceptors (Lipinski definition) is 3. The highest BCUT2D eigenvalue weighted by Crippen LogP contribution is 2.33. The van der Waals surface area contributed by atoms with Crippen LogP contribution >= 0.6 is 0 Å². The standard InChI is InChI=1S/C11H16FNO2/c1-11(2,13)7-5-10(15-4)8(12)6-9(7)14-3/h5-6H,13H2,1-4H3. The summed E-state index contributed by atoms with van der Waals surface area (Å²) < 4.78 is 23.3. The molecular formula is C11H16FNO2. The van der Waals surface area contributed by atoms with Crippen LogP contribution in [0.2, 0.25) is 0 Å². The van der Waals surface area contributed by atoms with Crippen molar-refractivity contribution in [2.45, 2.75) is 19.4 Å². The van der Waals surface area contributed by atoms with Gasteiger partial charge >= 0.3 is 0 Å². The van der Waals surface area contributed by atoms with E-state index in [9.17, 15) is 4.39 Å². The summed E-state index contributed by atoms with van der Waals surface area (Å²) >= 11 is 0. The topological polar surface area (TPSA) is 44.5 Å². The maximum atomic E-state index is 13.4. The number of benzene rings is 1. The molecule has 1 aromatic carbocycles. The largest absolute Gasteiger partial charge is 0.496 e. The number of methoxy groups -OCH3 is 2. The van der Waals surface area contributed by atoms with Crippen molar-refractivity contribution in [3.05, 3.63) is 23.5 Å². The fourth-order valence-corrected chi connectivity index (χ4v) is 1.36. The maximum absolute atomic E-state index is 13.4. The number of ether oxygens (including phenoxy) is 2. The van der Waals surface area contributed by atoms with E-state index in [4.69, 9.17) is 15.2 Å². The zero-order chi connectivity index (χ0) is 11.6. The molecule has 2 N–H and O–H groups in total. The van der Waals surface area contributed by atoms with E-state index in [0.29, 0.717) is 11.3 Å². The van der Waals surface area contributed by atoms with E-state index in [2.05, 4.69) is 0 Å². The molecular weight excluding hydrogens is 197 g/mol. The summed E-state index contributed by atoms with van der Waals surface area (Å²) in [6.45, 7) is 3.64. The monoisotopic (exact) mass is 213 g/mol. The van der Waals surface area contributed by atoms with Gasteiger partial charge < -0.3 is 15.2 Å². The molecule has 0 saturated heterocycles. The zero-order valence-corrected chi connectivity index (χ0v) is 9.43. The highest BCUT2D eigenvalue weighted by molar-refractivity contribution is 5.44. The van der Waals surface area contributed by atoms with Crippen LogP contribution in [0.4, 0.5) is 4.39 Å². The van der Waals surface area contributed by atoms with E-state index in [1.54, 1.807) is 6.07 Å². The Morgan fingerprint density at radius 3 is 2.07 bits per heavy atom. The van der Waals surface area contributed by atoms with Crippen LogP contribution < -0.4 is 15.2 Å². The van der Waals surface area contributed by atoms with Crippen molar-refractivity contribution in [2.24, 2.45) is 5.73 Å². The highest BCUT2D eigenvalue weighted by Gasteiger charge is 2.22. The minimum Gasteiger partial charge on any atom is -0.496 e. The molecule has 1 rings (SSSR count). The Hall–Kier alpha value is -1.29. The summed E-state index contributed by atoms with van der Waals surface area (Å²) in [5.41, 5.74) is 6.06. The van der Waals surface area contributed by atoms with Crippen molar-refractivity contribution in [3.8, 4) is 11.5 Å². The van der Waals surface area contributed by atoms with E-state index in [1.165, 1.54) is 20.3 Å². The Balaban J connectivity index is 3.36. The molecule has 0 atom stereocenters. The van der Waals surface area contributed by atoms with Crippen molar-refractivity contribution < 1.29 is 13.9 Å². The van der Waals surface area contributed by atoms with Gasteiger partial charge in [0.1, 0.15) is 5.75 Å². The van der Waals surface area contributed by atoms with Crippen LogP contribution in [0.1, 0.15) is 19.4 Å². The van der Waals surface area contributed by atoms with Crippen molar-refractivity contribution in [3.63, 3.8) is 0 Å². The lowest BCUT2D eigenvalue weighted by Crippen LogP contribution is -2.29. The molecule has 3 nitrogen and oxygen atoms in total. The summed E-state index contributed by atoms with van der Waals surface area (Å²) in [5.74, 6) is 0.146. The molecule has 15 heavy (non-hydrogen) atoms. The molecule has 0 bridgehead atoms. The summed E-state index contributed by atoms with van der Waals surface area (Å²) in [7, 11) is 2.90. The summed E-state index contributed by atoms with van der Waals surface area (Å²) in [5, 5.41) is 0. The minimum atomic E-state index is -0.605. The third-order valence-corrected chi connectivity index (χ3v) is 2.17. The Labute approximate surface area is 89.0 Å². The van der Waals surface area contributed by atoms with Gasteiger partial charge in [0.2, 0.25) is 0 Å². The van der Waals surface area contributed by atoms with Gasteiger partial charge in [-0.1, -0.05) is 0 Å². The van der Waals surface area contributed by atoms with E-state index < -0.39 is 11.4 Å². The lowest BCUT2D eigenvalue weighted by Gasteiger charge is -2.22. The second-order valence-electron chi connectivity index (χ2n) is 3.91. The quantitative estimate of drug-likeness (QED) is 0.835. The van der Waals surface area contributed by atoms with Crippen molar-refractivity contribution >= 4 is 0 Å². The first-order valence-electron chi connectivity index (χ1n) is 4.61. The maximum Gasteiger partial charge on any atom is 0.168 e. The Morgan fingerprint density at radius 1 is 1.13 bits per heavy atom. The molecule has 0 amide bonds. The molecule has 0 aliphatic carbocycles. The van der Waals surface area contributed by atoms with Gasteiger partial charge in [0.25, 0.3) is 0 Å². The van der Waals surface area contributed by atoms with E-state index in [-0.39, 0.29) is 5.75 Å². The summed E-state index contributed by atoms with van der Waals surface area (Å²) in [6, 6.07) is 2.84. The zero-order valence-electron chi connectivity index (χ0n) is 9.43. The molecule has 0 aliphatic heterocycles. The number of halogens is 1. The second kappa shape index (κ2) is 4.06. The molecule has 0 aliphatic rings. The van der Waals surface area contributed by atoms with Crippen molar-refractivity contribution in [1.29, 1.82) is 0 Å². The van der Waals surface area contributed by atoms with E-state index in [1.807, 2.05) is 13.8 Å². The average molecular weight is 213 g/mol. The van der Waals surface area contributed by atoms with Crippen LogP contribution in [-0.4, -0.2) is 14.2 Å². The molecule has 0 aromatic heterocycles. The SMILES string of the molecule is COc1cc(C(C)(C)N)c(OC)cc1F. The summed E-state index contributed by atoms with van der Waals surface area (Å²) in [6.07, 6.45) is 0. The van der Waals surface area contributed by atoms with Gasteiger partial charge in [0.15, 0.2) is 11.6 Å². The molecule has 4 heteroatoms. The normalized spacial score (nSPS) is 11.3. The molecule has 1 aromatic rings. The highest BCUT2D eigenvalue weighted by atomic mass is 19.1. The smallest absolute Gasteiger partial charge is 0.168 e. The number of rotatable bonds is 3. The van der Waals surface area contributed by atoms with Gasteiger partial charge in [-0.05, 0) is 19.9 Å². The second-order valence-corrected chi connectivity index (χ2v) is 3.91. The Bertz CT molecular complexity index is 358. The van der Waals surface area contributed by atoms with E-state index in [0.717, 1.165) is 0 Å². The van der Waals surface area contributed by atoms with Gasteiger partial charge in [-0.15, -0.1) is 0 Å². The molecule has 0 spiro atoms. The van der Waals surface area contributed by atoms with Gasteiger partial charge in [-0.3, -0.25) is 0 Å². The lowest BCUT2D eigenvalue weighted by molar-refractivity contribution is 0.366. The first-order valence-corrected chi connectivity index (χ1v) is 4.61. The average Bonchev–Trinajstić information content (AvgIpc) is 2.15. The molecule has 0 heterocycles. The fraction of sp³-hybridized carbons (Fsp3) is 0.455. The predicted octanol–water partition coefficient (Wildman–Crippen LogP) is 2.04. The van der Waals surface area contributed by atoms with Crippen LogP contribution in [0.5, 0.6) is 11.5 Å². The third kappa shape index (κ3) is 2.39. The fourth-order valence-electron chi connectivity index (χ4n) is 1.36. The van der Waals surface area contributed by atoms with Crippen molar-refractivity contribution in [2.75, 3.05) is 14.2 Å². The molecule has 84 valence electrons. The van der Waals surface area contributed by atoms with Crippen LogP contribution in [0.15, 0.2) is 12.1 Å². The lowest BCUT2D eigenvalue weighted by atomic mass is 9.94. The van der Waals surface area contributed by atoms with Gasteiger partial charge in [-0.2, -0.15) is 0 Å². The van der Waals surface area contributed by atoms with Crippen LogP contribution in [0.25, 0.3) is 0 Å². The first-order chi connectivity index (χ1) is 6.90. The number of hydrogen-bond donors (Lipinski definition) is 1. The minimum absolute atomic E-state index is 0.171. The van der Waals surface area contributed by atoms with Crippen LogP contribution in [0, 0.1) is 5.82 Å². The van der Waals surface area contributed by atoms with E-state index >= 15 is 0 Å². The third-order valence-electron chi connectivity index (χ3n) is 2.17. The van der Waals surface area contributed by atoms with Gasteiger partial charge in [0, 0.05) is 17.2 Å². The Morgan fingerprint density at radius 2 is 1.67 bits per heavy atom.